The van der Waals surface area contributed by atoms with E-state index in [9.17, 15) is 4.79 Å². The lowest BCUT2D eigenvalue weighted by Crippen LogP contribution is -2.37. The maximum absolute atomic E-state index is 12.4. The minimum absolute atomic E-state index is 0.0139. The van der Waals surface area contributed by atoms with Crippen molar-refractivity contribution in [1.82, 2.24) is 24.3 Å². The summed E-state index contributed by atoms with van der Waals surface area (Å²) in [6.45, 7) is 3.54. The van der Waals surface area contributed by atoms with Crippen molar-refractivity contribution in [2.24, 2.45) is 0 Å². The Kier molecular flexibility index (Phi) is 7.25. The molecular weight excluding hydrogens is 254 g/mol. The van der Waals surface area contributed by atoms with Crippen LogP contribution in [0, 0.1) is 0 Å². The Hall–Kier alpha value is -1.40. The molecule has 1 amide bonds. The average Bonchev–Trinajstić information content (AvgIpc) is 2.89. The average molecular weight is 281 g/mol. The van der Waals surface area contributed by atoms with Gasteiger partial charge in [-0.1, -0.05) is 0 Å². The van der Waals surface area contributed by atoms with Crippen LogP contribution in [0.15, 0.2) is 18.7 Å². The van der Waals surface area contributed by atoms with Gasteiger partial charge in [0.15, 0.2) is 0 Å². The summed E-state index contributed by atoms with van der Waals surface area (Å²) in [5, 5.41) is 0. The third kappa shape index (κ3) is 6.16. The first-order valence-electron chi connectivity index (χ1n) is 7.07. The van der Waals surface area contributed by atoms with Gasteiger partial charge in [-0.05, 0) is 54.1 Å². The summed E-state index contributed by atoms with van der Waals surface area (Å²) >= 11 is 0. The quantitative estimate of drug-likeness (QED) is 0.714. The molecule has 0 saturated carbocycles. The highest BCUT2D eigenvalue weighted by molar-refractivity contribution is 5.76. The Morgan fingerprint density at radius 1 is 1.00 bits per heavy atom. The molecule has 0 fully saturated rings. The summed E-state index contributed by atoms with van der Waals surface area (Å²) < 4.78 is 1.55. The van der Waals surface area contributed by atoms with Gasteiger partial charge in [0.25, 0.3) is 0 Å². The molecule has 0 radical (unpaired) electrons. The van der Waals surface area contributed by atoms with Gasteiger partial charge in [-0.25, -0.2) is 9.78 Å². The van der Waals surface area contributed by atoms with Crippen LogP contribution in [-0.4, -0.2) is 84.7 Å². The van der Waals surface area contributed by atoms with Gasteiger partial charge in [-0.15, -0.1) is 0 Å². The number of carbonyl (C=O) groups is 1. The first kappa shape index (κ1) is 16.7. The summed E-state index contributed by atoms with van der Waals surface area (Å²) in [5.41, 5.74) is 0. The zero-order chi connectivity index (χ0) is 15.0. The first-order valence-corrected chi connectivity index (χ1v) is 7.07. The molecule has 1 heterocycles. The Labute approximate surface area is 122 Å². The largest absolute Gasteiger partial charge is 0.329 e. The van der Waals surface area contributed by atoms with Gasteiger partial charge < -0.3 is 14.7 Å². The molecule has 114 valence electrons. The van der Waals surface area contributed by atoms with E-state index in [0.717, 1.165) is 39.0 Å². The predicted molar refractivity (Wildman–Crippen MR) is 80.9 cm³/mol. The highest BCUT2D eigenvalue weighted by Crippen LogP contribution is 2.01. The monoisotopic (exact) mass is 281 g/mol. The van der Waals surface area contributed by atoms with E-state index in [2.05, 4.69) is 14.8 Å². The van der Waals surface area contributed by atoms with Crippen molar-refractivity contribution in [3.63, 3.8) is 0 Å². The highest BCUT2D eigenvalue weighted by atomic mass is 16.2. The number of amides is 1. The van der Waals surface area contributed by atoms with E-state index in [-0.39, 0.29) is 6.03 Å². The van der Waals surface area contributed by atoms with Crippen molar-refractivity contribution in [2.45, 2.75) is 12.8 Å². The third-order valence-corrected chi connectivity index (χ3v) is 3.06. The van der Waals surface area contributed by atoms with E-state index in [1.54, 1.807) is 23.3 Å². The van der Waals surface area contributed by atoms with E-state index in [0.29, 0.717) is 0 Å². The zero-order valence-corrected chi connectivity index (χ0v) is 13.1. The first-order chi connectivity index (χ1) is 9.50. The molecule has 1 aromatic heterocycles. The fraction of sp³-hybridized carbons (Fsp3) is 0.714. The molecule has 0 atom stereocenters. The van der Waals surface area contributed by atoms with Crippen LogP contribution in [0.1, 0.15) is 12.8 Å². The van der Waals surface area contributed by atoms with Crippen LogP contribution >= 0.6 is 0 Å². The number of aromatic nitrogens is 2. The smallest absolute Gasteiger partial charge is 0.324 e. The Morgan fingerprint density at radius 3 is 1.95 bits per heavy atom. The summed E-state index contributed by atoms with van der Waals surface area (Å²) in [4.78, 5) is 22.5. The molecule has 0 aromatic carbocycles. The maximum atomic E-state index is 12.4. The number of nitrogens with zero attached hydrogens (tertiary/aromatic N) is 5. The Balaban J connectivity index is 2.51. The highest BCUT2D eigenvalue weighted by Gasteiger charge is 2.14. The predicted octanol–water partition coefficient (Wildman–Crippen LogP) is 1.06. The fourth-order valence-corrected chi connectivity index (χ4v) is 1.99. The number of imidazole rings is 1. The van der Waals surface area contributed by atoms with Crippen LogP contribution in [0.5, 0.6) is 0 Å². The van der Waals surface area contributed by atoms with Crippen LogP contribution in [0.25, 0.3) is 0 Å². The van der Waals surface area contributed by atoms with Gasteiger partial charge in [0.1, 0.15) is 6.33 Å². The van der Waals surface area contributed by atoms with Crippen LogP contribution in [0.3, 0.4) is 0 Å². The second kappa shape index (κ2) is 8.71. The molecule has 0 aliphatic rings. The lowest BCUT2D eigenvalue weighted by molar-refractivity contribution is 0.193. The summed E-state index contributed by atoms with van der Waals surface area (Å²) in [7, 11) is 8.20. The van der Waals surface area contributed by atoms with Crippen LogP contribution in [-0.2, 0) is 0 Å². The molecule has 0 saturated heterocycles. The number of rotatable bonds is 8. The molecule has 1 rings (SSSR count). The topological polar surface area (TPSA) is 44.6 Å². The second-order valence-corrected chi connectivity index (χ2v) is 5.55. The normalized spacial score (nSPS) is 11.3. The van der Waals surface area contributed by atoms with E-state index in [1.807, 2.05) is 33.1 Å². The van der Waals surface area contributed by atoms with Crippen molar-refractivity contribution in [3.8, 4) is 0 Å². The minimum atomic E-state index is 0.0139. The minimum Gasteiger partial charge on any atom is -0.324 e. The Morgan fingerprint density at radius 2 is 1.55 bits per heavy atom. The lowest BCUT2D eigenvalue weighted by Gasteiger charge is -2.24. The van der Waals surface area contributed by atoms with Crippen molar-refractivity contribution in [2.75, 3.05) is 54.4 Å². The third-order valence-electron chi connectivity index (χ3n) is 3.06. The van der Waals surface area contributed by atoms with E-state index in [4.69, 9.17) is 0 Å². The molecule has 0 unspecified atom stereocenters. The van der Waals surface area contributed by atoms with Crippen molar-refractivity contribution in [3.05, 3.63) is 18.7 Å². The fourth-order valence-electron chi connectivity index (χ4n) is 1.99. The van der Waals surface area contributed by atoms with Crippen molar-refractivity contribution < 1.29 is 4.79 Å². The molecule has 0 aliphatic heterocycles. The van der Waals surface area contributed by atoms with Gasteiger partial charge >= 0.3 is 6.03 Å². The van der Waals surface area contributed by atoms with Gasteiger partial charge in [-0.3, -0.25) is 4.57 Å². The van der Waals surface area contributed by atoms with Gasteiger partial charge in [-0.2, -0.15) is 0 Å². The van der Waals surface area contributed by atoms with E-state index >= 15 is 0 Å². The molecule has 6 nitrogen and oxygen atoms in total. The van der Waals surface area contributed by atoms with E-state index in [1.165, 1.54) is 0 Å². The van der Waals surface area contributed by atoms with Crippen molar-refractivity contribution in [1.29, 1.82) is 0 Å². The maximum Gasteiger partial charge on any atom is 0.329 e. The van der Waals surface area contributed by atoms with E-state index < -0.39 is 0 Å². The van der Waals surface area contributed by atoms with Crippen LogP contribution in [0.2, 0.25) is 0 Å². The molecule has 0 spiro atoms. The molecule has 0 aliphatic carbocycles. The molecule has 0 bridgehead atoms. The molecular formula is C14H27N5O. The number of hydrogen-bond acceptors (Lipinski definition) is 4. The van der Waals surface area contributed by atoms with Gasteiger partial charge in [0, 0.05) is 25.5 Å². The summed E-state index contributed by atoms with van der Waals surface area (Å²) in [6, 6.07) is 0.0139. The molecule has 6 heteroatoms. The summed E-state index contributed by atoms with van der Waals surface area (Å²) in [6.07, 6.45) is 6.86. The Bertz CT molecular complexity index is 361. The summed E-state index contributed by atoms with van der Waals surface area (Å²) in [5.74, 6) is 0. The lowest BCUT2D eigenvalue weighted by atomic mass is 10.3. The molecule has 20 heavy (non-hydrogen) atoms. The number of hydrogen-bond donors (Lipinski definition) is 0. The van der Waals surface area contributed by atoms with Crippen LogP contribution in [0.4, 0.5) is 4.79 Å². The second-order valence-electron chi connectivity index (χ2n) is 5.55. The molecule has 0 N–H and O–H groups in total. The standard InChI is InChI=1S/C14H27N5O/c1-16(2)8-5-10-18(11-6-9-17(3)4)14(20)19-12-7-15-13-19/h7,12-13H,5-6,8-11H2,1-4H3. The SMILES string of the molecule is CN(C)CCCN(CCCN(C)C)C(=O)n1ccnc1. The van der Waals surface area contributed by atoms with Gasteiger partial charge in [0.05, 0.1) is 0 Å². The number of carbonyl (C=O) groups excluding carboxylic acids is 1. The molecule has 1 aromatic rings. The van der Waals surface area contributed by atoms with Crippen LogP contribution < -0.4 is 0 Å². The van der Waals surface area contributed by atoms with Gasteiger partial charge in [0.2, 0.25) is 0 Å². The van der Waals surface area contributed by atoms with Crippen molar-refractivity contribution >= 4 is 6.03 Å². The zero-order valence-electron chi connectivity index (χ0n) is 13.1.